The van der Waals surface area contributed by atoms with Gasteiger partial charge in [0.1, 0.15) is 5.82 Å². The molecule has 4 rings (SSSR count). The molecule has 0 spiro atoms. The number of hydrogen-bond donors (Lipinski definition) is 1. The average molecular weight is 483 g/mol. The molecule has 2 aromatic heterocycles. The van der Waals surface area contributed by atoms with Crippen molar-refractivity contribution in [3.63, 3.8) is 0 Å². The predicted molar refractivity (Wildman–Crippen MR) is 128 cm³/mol. The topological polar surface area (TPSA) is 112 Å². The van der Waals surface area contributed by atoms with Crippen molar-refractivity contribution in [3.05, 3.63) is 60.2 Å². The molecule has 1 aliphatic rings. The number of pyridine rings is 1. The monoisotopic (exact) mass is 482 g/mol. The second-order valence-corrected chi connectivity index (χ2v) is 11.3. The molecule has 3 aromatic rings. The van der Waals surface area contributed by atoms with Crippen molar-refractivity contribution in [1.82, 2.24) is 29.4 Å². The van der Waals surface area contributed by atoms with Crippen LogP contribution in [0.3, 0.4) is 0 Å². The number of rotatable bonds is 6. The van der Waals surface area contributed by atoms with Crippen molar-refractivity contribution in [2.75, 3.05) is 26.2 Å². The highest BCUT2D eigenvalue weighted by Gasteiger charge is 2.30. The number of nitrogens with one attached hydrogen (secondary N) is 1. The first-order chi connectivity index (χ1) is 16.1. The second-order valence-electron chi connectivity index (χ2n) is 9.41. The highest BCUT2D eigenvalue weighted by Crippen LogP contribution is 2.25. The van der Waals surface area contributed by atoms with E-state index in [0.717, 1.165) is 11.1 Å². The van der Waals surface area contributed by atoms with Gasteiger partial charge in [0.2, 0.25) is 15.9 Å². The minimum absolute atomic E-state index is 0.0223. The molecule has 180 valence electrons. The number of sulfonamides is 1. The standard InChI is InChI=1S/C24H30N6O3S/c1-24(2,3)19-6-8-20(9-7-19)34(32,33)30-15-13-29(14-16-30)22(31)11-10-21-26-23(28-27-21)18-5-4-12-25-17-18/h4-9,12,17H,10-11,13-16H2,1-3H3,(H,26,27,28). The van der Waals surface area contributed by atoms with Crippen molar-refractivity contribution in [3.8, 4) is 11.4 Å². The fourth-order valence-electron chi connectivity index (χ4n) is 3.87. The van der Waals surface area contributed by atoms with E-state index >= 15 is 0 Å². The average Bonchev–Trinajstić information content (AvgIpc) is 3.32. The Labute approximate surface area is 200 Å². The number of nitrogens with zero attached hydrogens (tertiary/aromatic N) is 5. The number of carbonyl (C=O) groups is 1. The molecular weight excluding hydrogens is 452 g/mol. The van der Waals surface area contributed by atoms with Gasteiger partial charge < -0.3 is 4.90 Å². The summed E-state index contributed by atoms with van der Waals surface area (Å²) in [7, 11) is -3.59. The van der Waals surface area contributed by atoms with Gasteiger partial charge in [0.15, 0.2) is 5.82 Å². The maximum atomic E-state index is 13.1. The molecule has 10 heteroatoms. The Morgan fingerprint density at radius 3 is 2.38 bits per heavy atom. The van der Waals surface area contributed by atoms with Crippen LogP contribution in [0.2, 0.25) is 0 Å². The van der Waals surface area contributed by atoms with E-state index in [1.807, 2.05) is 24.3 Å². The summed E-state index contributed by atoms with van der Waals surface area (Å²) in [6, 6.07) is 10.8. The summed E-state index contributed by atoms with van der Waals surface area (Å²) < 4.78 is 27.6. The van der Waals surface area contributed by atoms with Crippen LogP contribution in [-0.2, 0) is 26.7 Å². The zero-order chi connectivity index (χ0) is 24.3. The van der Waals surface area contributed by atoms with Crippen LogP contribution < -0.4 is 0 Å². The molecule has 0 saturated carbocycles. The lowest BCUT2D eigenvalue weighted by Gasteiger charge is -2.34. The number of amides is 1. The van der Waals surface area contributed by atoms with Crippen molar-refractivity contribution < 1.29 is 13.2 Å². The summed E-state index contributed by atoms with van der Waals surface area (Å²) in [5, 5.41) is 7.06. The highest BCUT2D eigenvalue weighted by molar-refractivity contribution is 7.89. The van der Waals surface area contributed by atoms with Crippen LogP contribution in [0.1, 0.15) is 38.6 Å². The van der Waals surface area contributed by atoms with Gasteiger partial charge in [-0.15, -0.1) is 0 Å². The van der Waals surface area contributed by atoms with Gasteiger partial charge in [-0.25, -0.2) is 13.4 Å². The molecule has 1 aliphatic heterocycles. The summed E-state index contributed by atoms with van der Waals surface area (Å²) in [4.78, 5) is 23.2. The van der Waals surface area contributed by atoms with Crippen LogP contribution in [0.15, 0.2) is 53.7 Å². The van der Waals surface area contributed by atoms with Gasteiger partial charge in [-0.2, -0.15) is 9.40 Å². The Balaban J connectivity index is 1.30. The molecule has 1 N–H and O–H groups in total. The Morgan fingerprint density at radius 1 is 1.06 bits per heavy atom. The van der Waals surface area contributed by atoms with Gasteiger partial charge in [0.25, 0.3) is 0 Å². The van der Waals surface area contributed by atoms with Crippen LogP contribution in [0.25, 0.3) is 11.4 Å². The normalized spacial score (nSPS) is 15.4. The van der Waals surface area contributed by atoms with Crippen LogP contribution in [0.4, 0.5) is 0 Å². The fourth-order valence-corrected chi connectivity index (χ4v) is 5.29. The molecule has 1 saturated heterocycles. The summed E-state index contributed by atoms with van der Waals surface area (Å²) in [5.74, 6) is 1.16. The molecule has 9 nitrogen and oxygen atoms in total. The van der Waals surface area contributed by atoms with Gasteiger partial charge in [-0.1, -0.05) is 32.9 Å². The number of aromatic nitrogens is 4. The van der Waals surface area contributed by atoms with E-state index in [2.05, 4.69) is 40.9 Å². The Bertz CT molecular complexity index is 1230. The number of carbonyl (C=O) groups excluding carboxylic acids is 1. The molecule has 1 amide bonds. The third-order valence-corrected chi connectivity index (χ3v) is 7.89. The van der Waals surface area contributed by atoms with Gasteiger partial charge in [-0.3, -0.25) is 14.9 Å². The lowest BCUT2D eigenvalue weighted by molar-refractivity contribution is -0.132. The van der Waals surface area contributed by atoms with E-state index in [0.29, 0.717) is 31.2 Å². The maximum absolute atomic E-state index is 13.1. The molecule has 0 unspecified atom stereocenters. The third-order valence-electron chi connectivity index (χ3n) is 5.98. The van der Waals surface area contributed by atoms with Crippen molar-refractivity contribution >= 4 is 15.9 Å². The van der Waals surface area contributed by atoms with Crippen LogP contribution in [0, 0.1) is 0 Å². The SMILES string of the molecule is CC(C)(C)c1ccc(S(=O)(=O)N2CCN(C(=O)CCc3nc(-c4cccnc4)n[nH]3)CC2)cc1. The van der Waals surface area contributed by atoms with E-state index in [9.17, 15) is 13.2 Å². The summed E-state index contributed by atoms with van der Waals surface area (Å²) in [6.07, 6.45) is 4.08. The third kappa shape index (κ3) is 5.34. The summed E-state index contributed by atoms with van der Waals surface area (Å²) in [5.41, 5.74) is 1.85. The second kappa shape index (κ2) is 9.63. The van der Waals surface area contributed by atoms with Crippen molar-refractivity contribution in [2.24, 2.45) is 0 Å². The summed E-state index contributed by atoms with van der Waals surface area (Å²) >= 11 is 0. The molecule has 3 heterocycles. The van der Waals surface area contributed by atoms with Crippen molar-refractivity contribution in [1.29, 1.82) is 0 Å². The smallest absolute Gasteiger partial charge is 0.243 e. The summed E-state index contributed by atoms with van der Waals surface area (Å²) in [6.45, 7) is 7.58. The minimum atomic E-state index is -3.59. The first-order valence-electron chi connectivity index (χ1n) is 11.3. The Kier molecular flexibility index (Phi) is 6.81. The van der Waals surface area contributed by atoms with E-state index < -0.39 is 10.0 Å². The number of hydrogen-bond acceptors (Lipinski definition) is 6. The van der Waals surface area contributed by atoms with Gasteiger partial charge in [-0.05, 0) is 35.2 Å². The van der Waals surface area contributed by atoms with E-state index in [4.69, 9.17) is 0 Å². The molecule has 34 heavy (non-hydrogen) atoms. The van der Waals surface area contributed by atoms with Crippen LogP contribution in [-0.4, -0.2) is 69.9 Å². The molecule has 0 radical (unpaired) electrons. The number of piperazine rings is 1. The molecule has 0 aliphatic carbocycles. The number of aryl methyl sites for hydroxylation is 1. The van der Waals surface area contributed by atoms with E-state index in [1.54, 1.807) is 29.4 Å². The molecule has 0 atom stereocenters. The first-order valence-corrected chi connectivity index (χ1v) is 12.8. The van der Waals surface area contributed by atoms with E-state index in [-0.39, 0.29) is 35.7 Å². The quantitative estimate of drug-likeness (QED) is 0.578. The van der Waals surface area contributed by atoms with Gasteiger partial charge >= 0.3 is 0 Å². The molecule has 0 bridgehead atoms. The van der Waals surface area contributed by atoms with Crippen LogP contribution in [0.5, 0.6) is 0 Å². The zero-order valence-corrected chi connectivity index (χ0v) is 20.5. The lowest BCUT2D eigenvalue weighted by Crippen LogP contribution is -2.50. The van der Waals surface area contributed by atoms with Crippen molar-refractivity contribution in [2.45, 2.75) is 43.9 Å². The zero-order valence-electron chi connectivity index (χ0n) is 19.7. The molecule has 1 fully saturated rings. The highest BCUT2D eigenvalue weighted by atomic mass is 32.2. The Morgan fingerprint density at radius 2 is 1.76 bits per heavy atom. The maximum Gasteiger partial charge on any atom is 0.243 e. The molecular formula is C24H30N6O3S. The Hall–Kier alpha value is -3.11. The van der Waals surface area contributed by atoms with Crippen LogP contribution >= 0.6 is 0 Å². The number of H-pyrrole nitrogens is 1. The largest absolute Gasteiger partial charge is 0.340 e. The number of aromatic amines is 1. The minimum Gasteiger partial charge on any atom is -0.340 e. The molecule has 1 aromatic carbocycles. The van der Waals surface area contributed by atoms with Gasteiger partial charge in [0.05, 0.1) is 4.90 Å². The van der Waals surface area contributed by atoms with E-state index in [1.165, 1.54) is 4.31 Å². The number of benzene rings is 1. The first kappa shape index (κ1) is 24.0. The van der Waals surface area contributed by atoms with Gasteiger partial charge in [0, 0.05) is 57.0 Å². The predicted octanol–water partition coefficient (Wildman–Crippen LogP) is 2.63. The lowest BCUT2D eigenvalue weighted by atomic mass is 9.87. The fraction of sp³-hybridized carbons (Fsp3) is 0.417.